The van der Waals surface area contributed by atoms with Crippen LogP contribution in [0.3, 0.4) is 0 Å². The maximum atomic E-state index is 12.1. The number of aliphatic hydroxyl groups is 1. The van der Waals surface area contributed by atoms with Gasteiger partial charge in [0.1, 0.15) is 0 Å². The zero-order valence-electron chi connectivity index (χ0n) is 10.2. The van der Waals surface area contributed by atoms with E-state index in [2.05, 4.69) is 9.72 Å². The Morgan fingerprint density at radius 2 is 2.00 bits per heavy atom. The molecule has 0 aromatic carbocycles. The van der Waals surface area contributed by atoms with Gasteiger partial charge >= 0.3 is 5.97 Å². The van der Waals surface area contributed by atoms with Crippen molar-refractivity contribution >= 4 is 11.9 Å². The third-order valence-electron chi connectivity index (χ3n) is 2.40. The second kappa shape index (κ2) is 7.39. The van der Waals surface area contributed by atoms with Gasteiger partial charge in [0.25, 0.3) is 5.91 Å². The molecule has 98 valence electrons. The number of methoxy groups -OCH3 is 1. The quantitative estimate of drug-likeness (QED) is 0.725. The largest absolute Gasteiger partial charge is 0.469 e. The monoisotopic (exact) mass is 252 g/mol. The number of hydrogen-bond acceptors (Lipinski definition) is 5. The molecule has 0 aliphatic heterocycles. The molecule has 1 aromatic rings. The molecule has 1 heterocycles. The van der Waals surface area contributed by atoms with Gasteiger partial charge in [0.2, 0.25) is 0 Å². The molecule has 0 atom stereocenters. The molecule has 1 aromatic heterocycles. The van der Waals surface area contributed by atoms with Crippen LogP contribution in [0.5, 0.6) is 0 Å². The topological polar surface area (TPSA) is 79.7 Å². The van der Waals surface area contributed by atoms with Gasteiger partial charge in [0.05, 0.1) is 20.1 Å². The third kappa shape index (κ3) is 4.14. The van der Waals surface area contributed by atoms with Crippen molar-refractivity contribution in [3.8, 4) is 0 Å². The molecule has 1 amide bonds. The van der Waals surface area contributed by atoms with Gasteiger partial charge in [-0.3, -0.25) is 14.6 Å². The van der Waals surface area contributed by atoms with Crippen LogP contribution in [-0.4, -0.2) is 53.7 Å². The van der Waals surface area contributed by atoms with Crippen molar-refractivity contribution < 1.29 is 19.4 Å². The van der Waals surface area contributed by atoms with Gasteiger partial charge in [0, 0.05) is 31.0 Å². The van der Waals surface area contributed by atoms with Crippen LogP contribution < -0.4 is 0 Å². The van der Waals surface area contributed by atoms with Crippen molar-refractivity contribution in [2.24, 2.45) is 0 Å². The second-order valence-corrected chi connectivity index (χ2v) is 3.58. The normalized spacial score (nSPS) is 9.89. The first kappa shape index (κ1) is 14.1. The molecule has 6 heteroatoms. The van der Waals surface area contributed by atoms with E-state index in [1.165, 1.54) is 24.4 Å². The summed E-state index contributed by atoms with van der Waals surface area (Å²) in [5, 5.41) is 8.93. The molecule has 1 rings (SSSR count). The maximum absolute atomic E-state index is 12.1. The zero-order valence-corrected chi connectivity index (χ0v) is 10.2. The number of nitrogens with zero attached hydrogens (tertiary/aromatic N) is 2. The molecule has 0 saturated heterocycles. The molecule has 0 spiro atoms. The third-order valence-corrected chi connectivity index (χ3v) is 2.40. The molecule has 0 fully saturated rings. The summed E-state index contributed by atoms with van der Waals surface area (Å²) in [5.74, 6) is -0.629. The van der Waals surface area contributed by atoms with Crippen LogP contribution in [0, 0.1) is 0 Å². The molecule has 0 unspecified atom stereocenters. The fourth-order valence-electron chi connectivity index (χ4n) is 1.44. The number of rotatable bonds is 6. The van der Waals surface area contributed by atoms with Crippen molar-refractivity contribution in [2.45, 2.75) is 6.42 Å². The second-order valence-electron chi connectivity index (χ2n) is 3.58. The minimum atomic E-state index is -0.388. The Bertz CT molecular complexity index is 394. The van der Waals surface area contributed by atoms with E-state index in [1.54, 1.807) is 12.1 Å². The summed E-state index contributed by atoms with van der Waals surface area (Å²) in [4.78, 5) is 28.4. The van der Waals surface area contributed by atoms with Gasteiger partial charge in [-0.05, 0) is 12.1 Å². The molecule has 0 radical (unpaired) electrons. The first-order valence-corrected chi connectivity index (χ1v) is 5.56. The van der Waals surface area contributed by atoms with Gasteiger partial charge in [-0.15, -0.1) is 0 Å². The lowest BCUT2D eigenvalue weighted by Gasteiger charge is -2.21. The summed E-state index contributed by atoms with van der Waals surface area (Å²) >= 11 is 0. The Balaban J connectivity index is 2.66. The lowest BCUT2D eigenvalue weighted by molar-refractivity contribution is -0.140. The Hall–Kier alpha value is -1.95. The van der Waals surface area contributed by atoms with E-state index < -0.39 is 0 Å². The number of ether oxygens (including phenoxy) is 1. The number of aliphatic hydroxyl groups excluding tert-OH is 1. The van der Waals surface area contributed by atoms with E-state index in [4.69, 9.17) is 5.11 Å². The van der Waals surface area contributed by atoms with Crippen molar-refractivity contribution in [3.05, 3.63) is 30.1 Å². The Morgan fingerprint density at radius 3 is 2.56 bits per heavy atom. The van der Waals surface area contributed by atoms with Crippen LogP contribution in [0.2, 0.25) is 0 Å². The average molecular weight is 252 g/mol. The molecule has 0 saturated carbocycles. The Labute approximate surface area is 105 Å². The van der Waals surface area contributed by atoms with E-state index in [-0.39, 0.29) is 38.0 Å². The maximum Gasteiger partial charge on any atom is 0.307 e. The van der Waals surface area contributed by atoms with Crippen molar-refractivity contribution in [3.63, 3.8) is 0 Å². The number of amides is 1. The standard InChI is InChI=1S/C12H16N2O4/c1-18-11(16)4-7-14(8-9-15)12(17)10-2-5-13-6-3-10/h2-3,5-6,15H,4,7-9H2,1H3. The summed E-state index contributed by atoms with van der Waals surface area (Å²) in [7, 11) is 1.30. The van der Waals surface area contributed by atoms with E-state index >= 15 is 0 Å². The predicted molar refractivity (Wildman–Crippen MR) is 63.9 cm³/mol. The van der Waals surface area contributed by atoms with E-state index in [0.29, 0.717) is 5.56 Å². The van der Waals surface area contributed by atoms with Gasteiger partial charge < -0.3 is 14.7 Å². The summed E-state index contributed by atoms with van der Waals surface area (Å²) in [5.41, 5.74) is 0.475. The molecule has 0 aliphatic carbocycles. The number of esters is 1. The van der Waals surface area contributed by atoms with Crippen LogP contribution >= 0.6 is 0 Å². The van der Waals surface area contributed by atoms with Gasteiger partial charge in [-0.2, -0.15) is 0 Å². The average Bonchev–Trinajstić information content (AvgIpc) is 2.43. The molecule has 0 bridgehead atoms. The molecule has 1 N–H and O–H groups in total. The van der Waals surface area contributed by atoms with Gasteiger partial charge in [0.15, 0.2) is 0 Å². The summed E-state index contributed by atoms with van der Waals surface area (Å²) in [6, 6.07) is 3.18. The fourth-order valence-corrected chi connectivity index (χ4v) is 1.44. The number of hydrogen-bond donors (Lipinski definition) is 1. The van der Waals surface area contributed by atoms with Crippen LogP contribution in [0.1, 0.15) is 16.8 Å². The van der Waals surface area contributed by atoms with Gasteiger partial charge in [-0.1, -0.05) is 0 Å². The van der Waals surface area contributed by atoms with Crippen molar-refractivity contribution in [1.29, 1.82) is 0 Å². The minimum Gasteiger partial charge on any atom is -0.469 e. The van der Waals surface area contributed by atoms with Crippen LogP contribution in [-0.2, 0) is 9.53 Å². The number of aromatic nitrogens is 1. The van der Waals surface area contributed by atoms with E-state index in [9.17, 15) is 9.59 Å². The molecular weight excluding hydrogens is 236 g/mol. The van der Waals surface area contributed by atoms with Gasteiger partial charge in [-0.25, -0.2) is 0 Å². The first-order valence-electron chi connectivity index (χ1n) is 5.56. The Kier molecular flexibility index (Phi) is 5.79. The molecular formula is C12H16N2O4. The van der Waals surface area contributed by atoms with Crippen LogP contribution in [0.4, 0.5) is 0 Å². The van der Waals surface area contributed by atoms with Crippen LogP contribution in [0.15, 0.2) is 24.5 Å². The highest BCUT2D eigenvalue weighted by atomic mass is 16.5. The molecule has 18 heavy (non-hydrogen) atoms. The minimum absolute atomic E-state index is 0.104. The number of pyridine rings is 1. The van der Waals surface area contributed by atoms with E-state index in [1.807, 2.05) is 0 Å². The van der Waals surface area contributed by atoms with E-state index in [0.717, 1.165) is 0 Å². The lowest BCUT2D eigenvalue weighted by Crippen LogP contribution is -2.35. The van der Waals surface area contributed by atoms with Crippen LogP contribution in [0.25, 0.3) is 0 Å². The Morgan fingerprint density at radius 1 is 1.33 bits per heavy atom. The lowest BCUT2D eigenvalue weighted by atomic mass is 10.2. The number of carbonyl (C=O) groups is 2. The van der Waals surface area contributed by atoms with Crippen molar-refractivity contribution in [2.75, 3.05) is 26.8 Å². The highest BCUT2D eigenvalue weighted by Crippen LogP contribution is 2.04. The smallest absolute Gasteiger partial charge is 0.307 e. The highest BCUT2D eigenvalue weighted by molar-refractivity contribution is 5.94. The SMILES string of the molecule is COC(=O)CCN(CCO)C(=O)c1ccncc1. The molecule has 0 aliphatic rings. The fraction of sp³-hybridized carbons (Fsp3) is 0.417. The summed E-state index contributed by atoms with van der Waals surface area (Å²) in [6.45, 7) is 0.241. The highest BCUT2D eigenvalue weighted by Gasteiger charge is 2.16. The molecule has 6 nitrogen and oxygen atoms in total. The summed E-state index contributed by atoms with van der Waals surface area (Å²) < 4.78 is 4.51. The number of carbonyl (C=O) groups excluding carboxylic acids is 2. The van der Waals surface area contributed by atoms with Crippen molar-refractivity contribution in [1.82, 2.24) is 9.88 Å². The summed E-state index contributed by atoms with van der Waals surface area (Å²) in [6.07, 6.45) is 3.14. The zero-order chi connectivity index (χ0) is 13.4. The predicted octanol–water partition coefficient (Wildman–Crippen LogP) is 0.0792. The first-order chi connectivity index (χ1) is 8.69.